The van der Waals surface area contributed by atoms with E-state index >= 15 is 0 Å². The van der Waals surface area contributed by atoms with Crippen LogP contribution in [0.1, 0.15) is 44.6 Å². The minimum absolute atomic E-state index is 0. The van der Waals surface area contributed by atoms with Crippen molar-refractivity contribution < 1.29 is 16.8 Å². The van der Waals surface area contributed by atoms with E-state index in [9.17, 15) is 0 Å². The predicted molar refractivity (Wildman–Crippen MR) is 99.6 cm³/mol. The average molecular weight is 359 g/mol. The molecule has 0 aliphatic rings. The molecule has 0 aromatic heterocycles. The second-order valence-electron chi connectivity index (χ2n) is 2.50. The van der Waals surface area contributed by atoms with Crippen LogP contribution in [-0.2, 0) is 16.8 Å². The first-order valence-corrected chi connectivity index (χ1v) is 11.4. The smallest absolute Gasteiger partial charge is 0.322 e. The normalized spacial score (nSPS) is 10.0. The standard InChI is InChI=1S/C3H15ClO4Si4.6CH4/c1-5-12(2,3)8-11-7-10-6-9-4;;;;;;/h9-11H2,1-3H3;6*1H4. The van der Waals surface area contributed by atoms with Crippen LogP contribution in [0.3, 0.4) is 0 Å². The van der Waals surface area contributed by atoms with Crippen molar-refractivity contribution >= 4 is 48.7 Å². The van der Waals surface area contributed by atoms with Gasteiger partial charge in [-0.05, 0) is 13.1 Å². The third-order valence-corrected chi connectivity index (χ3v) is 9.47. The lowest BCUT2D eigenvalue weighted by Crippen LogP contribution is -2.36. The molecule has 18 heavy (non-hydrogen) atoms. The Morgan fingerprint density at radius 3 is 1.61 bits per heavy atom. The summed E-state index contributed by atoms with van der Waals surface area (Å²) >= 11 is 5.43. The van der Waals surface area contributed by atoms with Crippen molar-refractivity contribution in [3.05, 3.63) is 0 Å². The van der Waals surface area contributed by atoms with Gasteiger partial charge in [0.25, 0.3) is 20.0 Å². The average Bonchev–Trinajstić information content (AvgIpc) is 2.04. The maximum absolute atomic E-state index is 5.49. The quantitative estimate of drug-likeness (QED) is 0.398. The summed E-state index contributed by atoms with van der Waals surface area (Å²) in [5.74, 6) is 0. The zero-order valence-corrected chi connectivity index (χ0v) is 13.6. The van der Waals surface area contributed by atoms with E-state index in [0.29, 0.717) is 0 Å². The largest absolute Gasteiger partial charge is 0.433 e. The summed E-state index contributed by atoms with van der Waals surface area (Å²) in [5.41, 5.74) is 0. The Bertz CT molecular complexity index is 123. The van der Waals surface area contributed by atoms with Crippen LogP contribution in [0.25, 0.3) is 0 Å². The van der Waals surface area contributed by atoms with Crippen molar-refractivity contribution in [2.45, 2.75) is 57.7 Å². The molecule has 9 heteroatoms. The van der Waals surface area contributed by atoms with Crippen LogP contribution >= 0.6 is 11.1 Å². The van der Waals surface area contributed by atoms with Crippen LogP contribution in [0, 0.1) is 0 Å². The Labute approximate surface area is 130 Å². The monoisotopic (exact) mass is 358 g/mol. The van der Waals surface area contributed by atoms with E-state index in [1.807, 2.05) is 13.1 Å². The molecule has 0 heterocycles. The van der Waals surface area contributed by atoms with E-state index in [1.54, 1.807) is 7.11 Å². The van der Waals surface area contributed by atoms with E-state index in [1.165, 1.54) is 0 Å². The van der Waals surface area contributed by atoms with Gasteiger partial charge in [-0.25, -0.2) is 0 Å². The second-order valence-corrected chi connectivity index (χ2v) is 11.5. The Balaban J connectivity index is -0.0000000403. The van der Waals surface area contributed by atoms with Crippen molar-refractivity contribution in [2.24, 2.45) is 0 Å². The highest BCUT2D eigenvalue weighted by Gasteiger charge is 2.21. The van der Waals surface area contributed by atoms with Crippen molar-refractivity contribution in [3.8, 4) is 0 Å². The lowest BCUT2D eigenvalue weighted by molar-refractivity contribution is 0.300. The van der Waals surface area contributed by atoms with E-state index < -0.39 is 37.6 Å². The van der Waals surface area contributed by atoms with Crippen molar-refractivity contribution in [3.63, 3.8) is 0 Å². The molecular formula is C9H39ClO4Si4. The van der Waals surface area contributed by atoms with Gasteiger partial charge in [-0.3, -0.25) is 0 Å². The van der Waals surface area contributed by atoms with Gasteiger partial charge in [-0.15, -0.1) is 11.1 Å². The molecule has 0 bridgehead atoms. The van der Waals surface area contributed by atoms with Gasteiger partial charge in [0.05, 0.1) is 0 Å². The lowest BCUT2D eigenvalue weighted by atomic mass is 11.8. The molecule has 0 aromatic carbocycles. The minimum Gasteiger partial charge on any atom is -0.433 e. The maximum atomic E-state index is 5.49. The van der Waals surface area contributed by atoms with Gasteiger partial charge in [0.1, 0.15) is 0 Å². The molecule has 0 rings (SSSR count). The van der Waals surface area contributed by atoms with E-state index in [-0.39, 0.29) is 44.6 Å². The predicted octanol–water partition coefficient (Wildman–Crippen LogP) is 2.44. The summed E-state index contributed by atoms with van der Waals surface area (Å²) in [5, 5.41) is 0. The van der Waals surface area contributed by atoms with Crippen LogP contribution in [-0.4, -0.2) is 44.8 Å². The summed E-state index contributed by atoms with van der Waals surface area (Å²) in [6.07, 6.45) is 0. The van der Waals surface area contributed by atoms with Gasteiger partial charge in [0.15, 0.2) is 0 Å². The molecule has 0 aliphatic carbocycles. The van der Waals surface area contributed by atoms with Crippen molar-refractivity contribution in [1.82, 2.24) is 0 Å². The van der Waals surface area contributed by atoms with E-state index in [0.717, 1.165) is 0 Å². The highest BCUT2D eigenvalue weighted by Crippen LogP contribution is 2.02. The third kappa shape index (κ3) is 30.2. The van der Waals surface area contributed by atoms with Gasteiger partial charge >= 0.3 is 8.56 Å². The molecule has 0 aliphatic heterocycles. The number of rotatable bonds is 7. The molecule has 0 atom stereocenters. The first kappa shape index (κ1) is 42.8. The van der Waals surface area contributed by atoms with E-state index in [4.69, 9.17) is 27.9 Å². The zero-order valence-electron chi connectivity index (χ0n) is 7.63. The lowest BCUT2D eigenvalue weighted by Gasteiger charge is -2.20. The Hall–Kier alpha value is 0.998. The summed E-state index contributed by atoms with van der Waals surface area (Å²) in [7, 11) is -2.71. The van der Waals surface area contributed by atoms with Gasteiger partial charge in [0.2, 0.25) is 9.07 Å². The Morgan fingerprint density at radius 1 is 0.833 bits per heavy atom. The van der Waals surface area contributed by atoms with E-state index in [2.05, 4.69) is 0 Å². The van der Waals surface area contributed by atoms with Crippen LogP contribution in [0.5, 0.6) is 0 Å². The summed E-state index contributed by atoms with van der Waals surface area (Å²) < 4.78 is 20.9. The second kappa shape index (κ2) is 26.5. The first-order chi connectivity index (χ1) is 5.62. The molecule has 0 spiro atoms. The van der Waals surface area contributed by atoms with Crippen molar-refractivity contribution in [1.29, 1.82) is 0 Å². The minimum atomic E-state index is -1.86. The molecular weight excluding hydrogens is 320 g/mol. The van der Waals surface area contributed by atoms with Crippen molar-refractivity contribution in [2.75, 3.05) is 7.11 Å². The van der Waals surface area contributed by atoms with Gasteiger partial charge < -0.3 is 16.8 Å². The summed E-state index contributed by atoms with van der Waals surface area (Å²) in [4.78, 5) is 0. The Kier molecular flexibility index (Phi) is 63.0. The first-order valence-electron chi connectivity index (χ1n) is 3.53. The molecule has 4 nitrogen and oxygen atoms in total. The number of hydrogen-bond donors (Lipinski definition) is 0. The van der Waals surface area contributed by atoms with Crippen LogP contribution in [0.2, 0.25) is 13.1 Å². The summed E-state index contributed by atoms with van der Waals surface area (Å²) in [6.45, 7) is 3.98. The Morgan fingerprint density at radius 2 is 1.28 bits per heavy atom. The molecule has 0 radical (unpaired) electrons. The maximum Gasteiger partial charge on any atom is 0.322 e. The fourth-order valence-corrected chi connectivity index (χ4v) is 5.68. The molecule has 0 fully saturated rings. The van der Waals surface area contributed by atoms with Crippen LogP contribution < -0.4 is 0 Å². The number of halogens is 1. The molecule has 0 saturated carbocycles. The number of hydrogen-bond acceptors (Lipinski definition) is 4. The highest BCUT2D eigenvalue weighted by molar-refractivity contribution is 6.91. The third-order valence-electron chi connectivity index (χ3n) is 1.23. The molecule has 0 amide bonds. The highest BCUT2D eigenvalue weighted by atomic mass is 35.6. The molecule has 122 valence electrons. The SMILES string of the molecule is C.C.C.C.C.C.CO[Si](C)(C)O[SiH2]O[SiH2]O[SiH2]Cl. The molecule has 0 aromatic rings. The van der Waals surface area contributed by atoms with Gasteiger partial charge in [-0.1, -0.05) is 44.6 Å². The fourth-order valence-electron chi connectivity index (χ4n) is 0.367. The van der Waals surface area contributed by atoms with Crippen LogP contribution in [0.4, 0.5) is 0 Å². The topological polar surface area (TPSA) is 36.9 Å². The molecule has 0 unspecified atom stereocenters. The summed E-state index contributed by atoms with van der Waals surface area (Å²) in [6, 6.07) is 0. The fraction of sp³-hybridized carbons (Fsp3) is 1.00. The molecule has 0 N–H and O–H groups in total. The van der Waals surface area contributed by atoms with Gasteiger partial charge in [0, 0.05) is 7.11 Å². The molecule has 0 saturated heterocycles. The zero-order chi connectivity index (χ0) is 9.45. The van der Waals surface area contributed by atoms with Gasteiger partial charge in [-0.2, -0.15) is 0 Å². The van der Waals surface area contributed by atoms with Crippen LogP contribution in [0.15, 0.2) is 0 Å².